The number of fused-ring (bicyclic) bond motifs is 3. The number of carboxylic acids is 1. The molecule has 0 fully saturated rings. The fourth-order valence-corrected chi connectivity index (χ4v) is 4.09. The van der Waals surface area contributed by atoms with Gasteiger partial charge in [0.2, 0.25) is 0 Å². The minimum Gasteiger partial charge on any atom is -0.481 e. The second kappa shape index (κ2) is 7.69. The molecule has 3 unspecified atom stereocenters. The van der Waals surface area contributed by atoms with Crippen LogP contribution in [0.3, 0.4) is 0 Å². The molecule has 0 amide bonds. The van der Waals surface area contributed by atoms with E-state index in [4.69, 9.17) is 4.74 Å². The minimum atomic E-state index is -0.971. The first-order valence-corrected chi connectivity index (χ1v) is 9.02. The van der Waals surface area contributed by atoms with Gasteiger partial charge in [-0.05, 0) is 25.3 Å². The zero-order valence-electron chi connectivity index (χ0n) is 15.9. The van der Waals surface area contributed by atoms with Gasteiger partial charge in [-0.1, -0.05) is 31.2 Å². The van der Waals surface area contributed by atoms with Crippen molar-refractivity contribution < 1.29 is 19.4 Å². The highest BCUT2D eigenvalue weighted by molar-refractivity contribution is 5.78. The van der Waals surface area contributed by atoms with E-state index in [1.54, 1.807) is 13.8 Å². The molecule has 8 heteroatoms. The Hall–Kier alpha value is -3.78. The summed E-state index contributed by atoms with van der Waals surface area (Å²) in [7, 11) is 0. The fraction of sp³-hybridized carbons (Fsp3) is 0.333. The normalized spacial score (nSPS) is 18.5. The van der Waals surface area contributed by atoms with Gasteiger partial charge < -0.3 is 9.84 Å². The van der Waals surface area contributed by atoms with Gasteiger partial charge in [0.15, 0.2) is 11.4 Å². The van der Waals surface area contributed by atoms with Crippen molar-refractivity contribution in [2.45, 2.75) is 38.2 Å². The highest BCUT2D eigenvalue weighted by atomic mass is 16.5. The number of rotatable bonds is 7. The molecule has 0 radical (unpaired) electrons. The van der Waals surface area contributed by atoms with E-state index in [-0.39, 0.29) is 24.2 Å². The molecule has 1 aromatic carbocycles. The number of nitriles is 2. The predicted octanol–water partition coefficient (Wildman–Crippen LogP) is 2.55. The van der Waals surface area contributed by atoms with Gasteiger partial charge >= 0.3 is 5.97 Å². The lowest BCUT2D eigenvalue weighted by Crippen LogP contribution is -2.35. The van der Waals surface area contributed by atoms with Crippen molar-refractivity contribution in [1.29, 1.82) is 10.5 Å². The standard InChI is InChI=1S/C21H18N4O4/c1-12(20(27)28)7-21(8-13(2)29-11-26)15-6-4-3-5-14(15)18-19(21)25-17(10-23)16(9-22)24-18/h3-6,11-13H,7-8H2,1-2H3,(H,27,28). The molecule has 0 saturated carbocycles. The molecule has 0 aliphatic heterocycles. The largest absolute Gasteiger partial charge is 0.481 e. The zero-order valence-corrected chi connectivity index (χ0v) is 15.9. The van der Waals surface area contributed by atoms with Crippen molar-refractivity contribution >= 4 is 12.4 Å². The molecule has 8 nitrogen and oxygen atoms in total. The highest BCUT2D eigenvalue weighted by Crippen LogP contribution is 2.53. The third kappa shape index (κ3) is 3.30. The van der Waals surface area contributed by atoms with Crippen LogP contribution in [0.25, 0.3) is 11.3 Å². The van der Waals surface area contributed by atoms with E-state index in [1.807, 2.05) is 36.4 Å². The van der Waals surface area contributed by atoms with E-state index < -0.39 is 23.4 Å². The lowest BCUT2D eigenvalue weighted by molar-refractivity contribution is -0.142. The third-order valence-electron chi connectivity index (χ3n) is 5.26. The number of hydrogen-bond donors (Lipinski definition) is 1. The SMILES string of the molecule is CC(CC1(CC(C)C(=O)O)c2ccccc2-c2nc(C#N)c(C#N)nc21)OC=O. The van der Waals surface area contributed by atoms with E-state index in [2.05, 4.69) is 9.97 Å². The highest BCUT2D eigenvalue weighted by Gasteiger charge is 2.48. The zero-order chi connectivity index (χ0) is 21.2. The summed E-state index contributed by atoms with van der Waals surface area (Å²) in [6, 6.07) is 11.1. The minimum absolute atomic E-state index is 0.0830. The van der Waals surface area contributed by atoms with Gasteiger partial charge in [0.1, 0.15) is 12.1 Å². The summed E-state index contributed by atoms with van der Waals surface area (Å²) in [5.74, 6) is -1.71. The number of carboxylic acid groups (broad SMARTS) is 1. The van der Waals surface area contributed by atoms with E-state index in [1.165, 1.54) is 0 Å². The smallest absolute Gasteiger partial charge is 0.306 e. The lowest BCUT2D eigenvalue weighted by atomic mass is 9.70. The van der Waals surface area contributed by atoms with Crippen molar-refractivity contribution in [2.75, 3.05) is 0 Å². The Kier molecular flexibility index (Phi) is 5.29. The summed E-state index contributed by atoms with van der Waals surface area (Å²) >= 11 is 0. The third-order valence-corrected chi connectivity index (χ3v) is 5.26. The van der Waals surface area contributed by atoms with Gasteiger partial charge in [-0.2, -0.15) is 10.5 Å². The molecule has 29 heavy (non-hydrogen) atoms. The fourth-order valence-electron chi connectivity index (χ4n) is 4.09. The maximum absolute atomic E-state index is 11.7. The van der Waals surface area contributed by atoms with E-state index >= 15 is 0 Å². The van der Waals surface area contributed by atoms with Crippen LogP contribution in [-0.4, -0.2) is 33.6 Å². The van der Waals surface area contributed by atoms with Crippen LogP contribution in [0.15, 0.2) is 24.3 Å². The van der Waals surface area contributed by atoms with Crippen molar-refractivity contribution in [3.8, 4) is 23.4 Å². The topological polar surface area (TPSA) is 137 Å². The summed E-state index contributed by atoms with van der Waals surface area (Å²) in [5, 5.41) is 28.3. The average Bonchev–Trinajstić information content (AvgIpc) is 2.96. The van der Waals surface area contributed by atoms with Crippen LogP contribution in [-0.2, 0) is 19.7 Å². The molecule has 146 valence electrons. The van der Waals surface area contributed by atoms with Crippen LogP contribution in [0, 0.1) is 28.6 Å². The maximum Gasteiger partial charge on any atom is 0.306 e. The first-order valence-electron chi connectivity index (χ1n) is 9.02. The number of hydrogen-bond acceptors (Lipinski definition) is 7. The van der Waals surface area contributed by atoms with Crippen molar-refractivity contribution in [3.63, 3.8) is 0 Å². The van der Waals surface area contributed by atoms with Crippen LogP contribution in [0.1, 0.15) is 49.3 Å². The molecule has 0 bridgehead atoms. The molecule has 1 N–H and O–H groups in total. The second-order valence-electron chi connectivity index (χ2n) is 7.16. The molecule has 3 rings (SSSR count). The Morgan fingerprint density at radius 2 is 1.86 bits per heavy atom. The first-order chi connectivity index (χ1) is 13.9. The van der Waals surface area contributed by atoms with Gasteiger partial charge in [0.25, 0.3) is 6.47 Å². The van der Waals surface area contributed by atoms with Crippen molar-refractivity contribution in [2.24, 2.45) is 5.92 Å². The number of benzene rings is 1. The Labute approximate surface area is 167 Å². The Morgan fingerprint density at radius 3 is 2.48 bits per heavy atom. The van der Waals surface area contributed by atoms with Crippen LogP contribution in [0.2, 0.25) is 0 Å². The summed E-state index contributed by atoms with van der Waals surface area (Å²) in [6.07, 6.45) is -0.0983. The summed E-state index contributed by atoms with van der Waals surface area (Å²) in [4.78, 5) is 31.4. The van der Waals surface area contributed by atoms with Gasteiger partial charge in [0.05, 0.1) is 23.4 Å². The van der Waals surface area contributed by atoms with E-state index in [0.717, 1.165) is 11.1 Å². The van der Waals surface area contributed by atoms with Gasteiger partial charge in [-0.3, -0.25) is 9.59 Å². The molecule has 1 heterocycles. The molecule has 2 aromatic rings. The maximum atomic E-state index is 11.7. The van der Waals surface area contributed by atoms with Gasteiger partial charge in [-0.15, -0.1) is 0 Å². The van der Waals surface area contributed by atoms with Crippen LogP contribution in [0.4, 0.5) is 0 Å². The van der Waals surface area contributed by atoms with E-state index in [9.17, 15) is 25.2 Å². The number of ether oxygens (including phenoxy) is 1. The first kappa shape index (κ1) is 20.0. The molecular weight excluding hydrogens is 372 g/mol. The Balaban J connectivity index is 2.32. The summed E-state index contributed by atoms with van der Waals surface area (Å²) < 4.78 is 5.11. The number of aromatic nitrogens is 2. The average molecular weight is 390 g/mol. The van der Waals surface area contributed by atoms with Crippen LogP contribution < -0.4 is 0 Å². The number of nitrogens with zero attached hydrogens (tertiary/aromatic N) is 4. The van der Waals surface area contributed by atoms with Crippen molar-refractivity contribution in [1.82, 2.24) is 9.97 Å². The summed E-state index contributed by atoms with van der Waals surface area (Å²) in [6.45, 7) is 3.66. The molecule has 1 aliphatic carbocycles. The quantitative estimate of drug-likeness (QED) is 0.712. The molecule has 0 saturated heterocycles. The monoisotopic (exact) mass is 390 g/mol. The molecule has 3 atom stereocenters. The lowest BCUT2D eigenvalue weighted by Gasteiger charge is -2.34. The molecule has 1 aromatic heterocycles. The molecule has 0 spiro atoms. The number of carbonyl (C=O) groups excluding carboxylic acids is 1. The number of aliphatic carboxylic acids is 1. The Morgan fingerprint density at radius 1 is 1.21 bits per heavy atom. The number of carbonyl (C=O) groups is 2. The van der Waals surface area contributed by atoms with Crippen molar-refractivity contribution in [3.05, 3.63) is 46.9 Å². The van der Waals surface area contributed by atoms with Crippen LogP contribution in [0.5, 0.6) is 0 Å². The summed E-state index contributed by atoms with van der Waals surface area (Å²) in [5.41, 5.74) is 1.28. The van der Waals surface area contributed by atoms with E-state index in [0.29, 0.717) is 17.9 Å². The predicted molar refractivity (Wildman–Crippen MR) is 100 cm³/mol. The van der Waals surface area contributed by atoms with Gasteiger partial charge in [-0.25, -0.2) is 9.97 Å². The van der Waals surface area contributed by atoms with Crippen LogP contribution >= 0.6 is 0 Å². The molecule has 1 aliphatic rings. The second-order valence-corrected chi connectivity index (χ2v) is 7.16. The Bertz CT molecular complexity index is 1070. The molecular formula is C21H18N4O4. The van der Waals surface area contributed by atoms with Gasteiger partial charge in [0, 0.05) is 11.0 Å².